The molecular weight excluding hydrogens is 320 g/mol. The Balaban J connectivity index is 1.67. The van der Waals surface area contributed by atoms with E-state index in [0.29, 0.717) is 31.4 Å². The zero-order valence-corrected chi connectivity index (χ0v) is 14.5. The molecule has 0 spiro atoms. The fraction of sp³-hybridized carbons (Fsp3) is 0.500. The third kappa shape index (κ3) is 4.64. The summed E-state index contributed by atoms with van der Waals surface area (Å²) in [5, 5.41) is 6.97. The normalized spacial score (nSPS) is 18.2. The van der Waals surface area contributed by atoms with E-state index in [9.17, 15) is 4.79 Å². The summed E-state index contributed by atoms with van der Waals surface area (Å²) in [4.78, 5) is 18.8. The Morgan fingerprint density at radius 3 is 3.00 bits per heavy atom. The molecule has 3 rings (SSSR count). The zero-order valence-electron chi connectivity index (χ0n) is 14.5. The Bertz CT molecular complexity index is 674. The van der Waals surface area contributed by atoms with E-state index in [1.807, 2.05) is 30.3 Å². The molecule has 134 valence electrons. The first kappa shape index (κ1) is 17.6. The van der Waals surface area contributed by atoms with Gasteiger partial charge in [-0.15, -0.1) is 0 Å². The highest BCUT2D eigenvalue weighted by molar-refractivity contribution is 5.78. The number of carbonyl (C=O) groups is 1. The number of hydrogen-bond acceptors (Lipinski definition) is 6. The van der Waals surface area contributed by atoms with Gasteiger partial charge in [-0.25, -0.2) is 0 Å². The van der Waals surface area contributed by atoms with Gasteiger partial charge in [0.2, 0.25) is 17.6 Å². The lowest BCUT2D eigenvalue weighted by Gasteiger charge is -2.32. The number of likely N-dealkylation sites (tertiary alicyclic amines) is 1. The van der Waals surface area contributed by atoms with Crippen LogP contribution in [0, 0.1) is 0 Å². The number of carbonyl (C=O) groups excluding carboxylic acids is 1. The molecule has 0 unspecified atom stereocenters. The molecule has 1 aliphatic heterocycles. The van der Waals surface area contributed by atoms with Crippen LogP contribution in [0.5, 0.6) is 0 Å². The van der Waals surface area contributed by atoms with E-state index in [1.165, 1.54) is 0 Å². The van der Waals surface area contributed by atoms with Crippen LogP contribution in [0.4, 0.5) is 0 Å². The first-order chi connectivity index (χ1) is 12.3. The Kier molecular flexibility index (Phi) is 6.14. The third-order valence-electron chi connectivity index (χ3n) is 4.35. The van der Waals surface area contributed by atoms with Crippen LogP contribution in [0.25, 0.3) is 11.4 Å². The van der Waals surface area contributed by atoms with Gasteiger partial charge in [-0.1, -0.05) is 41.9 Å². The SMILES string of the molecule is COCCNC(=O)CN1CCCC[C@H]1c1nc(-c2ccccc2)no1. The second-order valence-electron chi connectivity index (χ2n) is 6.15. The minimum Gasteiger partial charge on any atom is -0.383 e. The minimum absolute atomic E-state index is 0.00751. The molecule has 0 aliphatic carbocycles. The van der Waals surface area contributed by atoms with Gasteiger partial charge in [0.1, 0.15) is 0 Å². The Hall–Kier alpha value is -2.25. The highest BCUT2D eigenvalue weighted by Gasteiger charge is 2.30. The van der Waals surface area contributed by atoms with Crippen LogP contribution in [0.1, 0.15) is 31.2 Å². The molecule has 2 aromatic rings. The van der Waals surface area contributed by atoms with Crippen molar-refractivity contribution in [3.05, 3.63) is 36.2 Å². The summed E-state index contributed by atoms with van der Waals surface area (Å²) in [6.07, 6.45) is 3.08. The maximum atomic E-state index is 12.1. The zero-order chi connectivity index (χ0) is 17.5. The van der Waals surface area contributed by atoms with Crippen LogP contribution in [-0.2, 0) is 9.53 Å². The van der Waals surface area contributed by atoms with E-state index in [2.05, 4.69) is 20.4 Å². The Morgan fingerprint density at radius 2 is 2.20 bits per heavy atom. The lowest BCUT2D eigenvalue weighted by Crippen LogP contribution is -2.42. The summed E-state index contributed by atoms with van der Waals surface area (Å²) < 4.78 is 10.5. The minimum atomic E-state index is -0.00764. The fourth-order valence-corrected chi connectivity index (χ4v) is 3.07. The predicted molar refractivity (Wildman–Crippen MR) is 92.8 cm³/mol. The van der Waals surface area contributed by atoms with Crippen molar-refractivity contribution in [2.24, 2.45) is 0 Å². The smallest absolute Gasteiger partial charge is 0.244 e. The largest absolute Gasteiger partial charge is 0.383 e. The highest BCUT2D eigenvalue weighted by atomic mass is 16.5. The molecule has 0 radical (unpaired) electrons. The number of aromatic nitrogens is 2. The molecule has 1 aromatic heterocycles. The van der Waals surface area contributed by atoms with Crippen LogP contribution in [0.2, 0.25) is 0 Å². The van der Waals surface area contributed by atoms with Gasteiger partial charge in [-0.2, -0.15) is 4.98 Å². The number of amides is 1. The van der Waals surface area contributed by atoms with Crippen molar-refractivity contribution in [2.45, 2.75) is 25.3 Å². The quantitative estimate of drug-likeness (QED) is 0.774. The van der Waals surface area contributed by atoms with E-state index < -0.39 is 0 Å². The predicted octanol–water partition coefficient (Wildman–Crippen LogP) is 2.03. The average molecular weight is 344 g/mol. The molecule has 7 heteroatoms. The van der Waals surface area contributed by atoms with Crippen molar-refractivity contribution in [3.63, 3.8) is 0 Å². The number of hydrogen-bond donors (Lipinski definition) is 1. The highest BCUT2D eigenvalue weighted by Crippen LogP contribution is 2.30. The summed E-state index contributed by atoms with van der Waals surface area (Å²) in [7, 11) is 1.62. The van der Waals surface area contributed by atoms with E-state index in [4.69, 9.17) is 9.26 Å². The van der Waals surface area contributed by atoms with Gasteiger partial charge >= 0.3 is 0 Å². The van der Waals surface area contributed by atoms with Crippen LogP contribution >= 0.6 is 0 Å². The van der Waals surface area contributed by atoms with Crippen molar-refractivity contribution in [1.29, 1.82) is 0 Å². The Labute approximate surface area is 147 Å². The van der Waals surface area contributed by atoms with Crippen LogP contribution in [0.15, 0.2) is 34.9 Å². The number of methoxy groups -OCH3 is 1. The summed E-state index contributed by atoms with van der Waals surface area (Å²) in [6.45, 7) is 2.22. The van der Waals surface area contributed by atoms with E-state index in [0.717, 1.165) is 31.4 Å². The van der Waals surface area contributed by atoms with Gasteiger partial charge < -0.3 is 14.6 Å². The summed E-state index contributed by atoms with van der Waals surface area (Å²) in [5.74, 6) is 1.17. The van der Waals surface area contributed by atoms with Gasteiger partial charge in [-0.05, 0) is 19.4 Å². The molecular formula is C18H24N4O3. The molecule has 1 atom stereocenters. The average Bonchev–Trinajstić information content (AvgIpc) is 3.13. The third-order valence-corrected chi connectivity index (χ3v) is 4.35. The molecule has 1 aromatic carbocycles. The van der Waals surface area contributed by atoms with Crippen LogP contribution in [0.3, 0.4) is 0 Å². The number of benzene rings is 1. The summed E-state index contributed by atoms with van der Waals surface area (Å²) >= 11 is 0. The molecule has 1 N–H and O–H groups in total. The van der Waals surface area contributed by atoms with Crippen molar-refractivity contribution < 1.29 is 14.1 Å². The summed E-state index contributed by atoms with van der Waals surface area (Å²) in [6, 6.07) is 9.75. The Morgan fingerprint density at radius 1 is 1.36 bits per heavy atom. The molecule has 0 saturated carbocycles. The van der Waals surface area contributed by atoms with Crippen molar-refractivity contribution in [3.8, 4) is 11.4 Å². The molecule has 1 amide bonds. The van der Waals surface area contributed by atoms with E-state index in [-0.39, 0.29) is 11.9 Å². The summed E-state index contributed by atoms with van der Waals surface area (Å²) in [5.41, 5.74) is 0.928. The number of nitrogens with zero attached hydrogens (tertiary/aromatic N) is 3. The lowest BCUT2D eigenvalue weighted by molar-refractivity contribution is -0.123. The maximum Gasteiger partial charge on any atom is 0.244 e. The molecule has 1 saturated heterocycles. The molecule has 25 heavy (non-hydrogen) atoms. The molecule has 1 aliphatic rings. The van der Waals surface area contributed by atoms with Crippen molar-refractivity contribution in [2.75, 3.05) is 33.4 Å². The van der Waals surface area contributed by atoms with Gasteiger partial charge in [0.15, 0.2) is 0 Å². The standard InChI is InChI=1S/C18H24N4O3/c1-24-12-10-19-16(23)13-22-11-6-5-9-15(22)18-20-17(21-25-18)14-7-3-2-4-8-14/h2-4,7-8,15H,5-6,9-13H2,1H3,(H,19,23)/t15-/m0/s1. The van der Waals surface area contributed by atoms with Gasteiger partial charge in [-0.3, -0.25) is 9.69 Å². The van der Waals surface area contributed by atoms with Gasteiger partial charge in [0.05, 0.1) is 19.2 Å². The first-order valence-electron chi connectivity index (χ1n) is 8.66. The molecule has 1 fully saturated rings. The van der Waals surface area contributed by atoms with Crippen LogP contribution in [-0.4, -0.2) is 54.3 Å². The van der Waals surface area contributed by atoms with Crippen molar-refractivity contribution >= 4 is 5.91 Å². The van der Waals surface area contributed by atoms with Gasteiger partial charge in [0.25, 0.3) is 0 Å². The van der Waals surface area contributed by atoms with E-state index in [1.54, 1.807) is 7.11 Å². The molecule has 7 nitrogen and oxygen atoms in total. The van der Waals surface area contributed by atoms with Crippen molar-refractivity contribution in [1.82, 2.24) is 20.4 Å². The molecule has 0 bridgehead atoms. The second kappa shape index (κ2) is 8.73. The number of nitrogens with one attached hydrogen (secondary N) is 1. The van der Waals surface area contributed by atoms with Gasteiger partial charge in [0, 0.05) is 19.2 Å². The number of rotatable bonds is 7. The lowest BCUT2D eigenvalue weighted by atomic mass is 10.0. The number of piperidine rings is 1. The topological polar surface area (TPSA) is 80.5 Å². The first-order valence-corrected chi connectivity index (χ1v) is 8.66. The van der Waals surface area contributed by atoms with Crippen LogP contribution < -0.4 is 5.32 Å². The maximum absolute atomic E-state index is 12.1. The number of ether oxygens (including phenoxy) is 1. The fourth-order valence-electron chi connectivity index (χ4n) is 3.07. The second-order valence-corrected chi connectivity index (χ2v) is 6.15. The monoisotopic (exact) mass is 344 g/mol. The van der Waals surface area contributed by atoms with E-state index >= 15 is 0 Å². The molecule has 2 heterocycles.